The monoisotopic (exact) mass is 363 g/mol. The summed E-state index contributed by atoms with van der Waals surface area (Å²) in [5.74, 6) is 0.818. The van der Waals surface area contributed by atoms with Crippen molar-refractivity contribution < 1.29 is 9.53 Å². The third-order valence-corrected chi connectivity index (χ3v) is 4.11. The van der Waals surface area contributed by atoms with Crippen LogP contribution in [0.3, 0.4) is 0 Å². The van der Waals surface area contributed by atoms with E-state index in [1.807, 2.05) is 37.3 Å². The van der Waals surface area contributed by atoms with Crippen LogP contribution in [0.4, 0.5) is 5.69 Å². The number of benzene rings is 2. The van der Waals surface area contributed by atoms with Gasteiger partial charge in [0, 0.05) is 29.1 Å². The average Bonchev–Trinajstić information content (AvgIpc) is 2.70. The molecule has 0 atom stereocenters. The predicted molar refractivity (Wildman–Crippen MR) is 105 cm³/mol. The molecule has 1 heterocycles. The topological polar surface area (TPSA) is 73.2 Å². The number of carbonyl (C=O) groups is 1. The van der Waals surface area contributed by atoms with E-state index in [1.54, 1.807) is 31.4 Å². The van der Waals surface area contributed by atoms with Crippen LogP contribution in [0.1, 0.15) is 12.6 Å². The van der Waals surface area contributed by atoms with Crippen molar-refractivity contribution in [2.45, 2.75) is 19.9 Å². The van der Waals surface area contributed by atoms with Crippen LogP contribution in [0.25, 0.3) is 11.4 Å². The molecule has 0 aliphatic heterocycles. The fourth-order valence-electron chi connectivity index (χ4n) is 2.74. The molecule has 0 unspecified atom stereocenters. The highest BCUT2D eigenvalue weighted by atomic mass is 16.5. The van der Waals surface area contributed by atoms with Gasteiger partial charge in [0.1, 0.15) is 18.1 Å². The highest BCUT2D eigenvalue weighted by Crippen LogP contribution is 2.18. The summed E-state index contributed by atoms with van der Waals surface area (Å²) in [4.78, 5) is 29.7. The van der Waals surface area contributed by atoms with Gasteiger partial charge in [0.15, 0.2) is 0 Å². The van der Waals surface area contributed by atoms with Crippen LogP contribution in [0.15, 0.2) is 65.5 Å². The number of hydrogen-bond acceptors (Lipinski definition) is 4. The summed E-state index contributed by atoms with van der Waals surface area (Å²) in [6, 6.07) is 17.9. The number of nitrogens with zero attached hydrogens (tertiary/aromatic N) is 2. The number of ether oxygens (including phenoxy) is 1. The van der Waals surface area contributed by atoms with Gasteiger partial charge >= 0.3 is 0 Å². The van der Waals surface area contributed by atoms with Crippen molar-refractivity contribution in [3.05, 3.63) is 76.7 Å². The van der Waals surface area contributed by atoms with Gasteiger partial charge in [-0.05, 0) is 18.6 Å². The van der Waals surface area contributed by atoms with Gasteiger partial charge in [-0.15, -0.1) is 0 Å². The van der Waals surface area contributed by atoms with Gasteiger partial charge < -0.3 is 10.1 Å². The second-order valence-electron chi connectivity index (χ2n) is 6.00. The molecule has 6 nitrogen and oxygen atoms in total. The van der Waals surface area contributed by atoms with Crippen molar-refractivity contribution in [2.75, 3.05) is 12.4 Å². The Morgan fingerprint density at radius 1 is 1.11 bits per heavy atom. The quantitative estimate of drug-likeness (QED) is 0.730. The van der Waals surface area contributed by atoms with Crippen molar-refractivity contribution in [2.24, 2.45) is 0 Å². The van der Waals surface area contributed by atoms with E-state index in [2.05, 4.69) is 10.3 Å². The summed E-state index contributed by atoms with van der Waals surface area (Å²) in [6.45, 7) is 1.81. The maximum Gasteiger partial charge on any atom is 0.254 e. The van der Waals surface area contributed by atoms with E-state index in [1.165, 1.54) is 10.6 Å². The molecule has 1 N–H and O–H groups in total. The zero-order valence-electron chi connectivity index (χ0n) is 15.3. The van der Waals surface area contributed by atoms with Gasteiger partial charge in [-0.1, -0.05) is 43.3 Å². The molecule has 6 heteroatoms. The molecule has 0 aliphatic carbocycles. The standard InChI is InChI=1S/C21H21N3O3/c1-3-16-13-20(26)24(21(23-16)15-8-5-4-6-9-15)14-19(25)22-17-10-7-11-18(12-17)27-2/h4-13H,3,14H2,1-2H3,(H,22,25). The molecule has 3 aromatic rings. The molecule has 0 spiro atoms. The first kappa shape index (κ1) is 18.4. The van der Waals surface area contributed by atoms with Crippen LogP contribution in [-0.4, -0.2) is 22.6 Å². The number of aromatic nitrogens is 2. The third kappa shape index (κ3) is 4.41. The van der Waals surface area contributed by atoms with Gasteiger partial charge in [0.25, 0.3) is 5.56 Å². The summed E-state index contributed by atoms with van der Waals surface area (Å²) in [7, 11) is 1.56. The molecule has 0 bridgehead atoms. The molecule has 0 radical (unpaired) electrons. The second kappa shape index (κ2) is 8.31. The summed E-state index contributed by atoms with van der Waals surface area (Å²) < 4.78 is 6.55. The molecule has 27 heavy (non-hydrogen) atoms. The van der Waals surface area contributed by atoms with Crippen molar-refractivity contribution >= 4 is 11.6 Å². The predicted octanol–water partition coefficient (Wildman–Crippen LogP) is 3.12. The lowest BCUT2D eigenvalue weighted by atomic mass is 10.2. The van der Waals surface area contributed by atoms with Gasteiger partial charge in [0.2, 0.25) is 5.91 Å². The normalized spacial score (nSPS) is 10.4. The molecule has 1 amide bonds. The van der Waals surface area contributed by atoms with Gasteiger partial charge in [-0.25, -0.2) is 4.98 Å². The van der Waals surface area contributed by atoms with Crippen LogP contribution in [0, 0.1) is 0 Å². The molecule has 0 aliphatic rings. The molecule has 0 saturated carbocycles. The first-order valence-corrected chi connectivity index (χ1v) is 8.70. The van der Waals surface area contributed by atoms with Crippen molar-refractivity contribution in [3.8, 4) is 17.1 Å². The number of methoxy groups -OCH3 is 1. The molecule has 0 saturated heterocycles. The van der Waals surface area contributed by atoms with Gasteiger partial charge in [-0.2, -0.15) is 0 Å². The molecule has 1 aromatic heterocycles. The Balaban J connectivity index is 1.91. The molecular formula is C21H21N3O3. The maximum absolute atomic E-state index is 12.6. The summed E-state index contributed by atoms with van der Waals surface area (Å²) in [5, 5.41) is 2.79. The Kier molecular flexibility index (Phi) is 5.66. The Hall–Kier alpha value is -3.41. The third-order valence-electron chi connectivity index (χ3n) is 4.11. The SMILES string of the molecule is CCc1cc(=O)n(CC(=O)Nc2cccc(OC)c2)c(-c2ccccc2)n1. The Morgan fingerprint density at radius 3 is 2.59 bits per heavy atom. The van der Waals surface area contributed by atoms with Crippen LogP contribution >= 0.6 is 0 Å². The summed E-state index contributed by atoms with van der Waals surface area (Å²) in [5.41, 5.74) is 1.84. The highest BCUT2D eigenvalue weighted by Gasteiger charge is 2.14. The molecular weight excluding hydrogens is 342 g/mol. The number of aryl methyl sites for hydroxylation is 1. The van der Waals surface area contributed by atoms with E-state index in [-0.39, 0.29) is 18.0 Å². The fraction of sp³-hybridized carbons (Fsp3) is 0.190. The first-order chi connectivity index (χ1) is 13.1. The fourth-order valence-corrected chi connectivity index (χ4v) is 2.74. The largest absolute Gasteiger partial charge is 0.497 e. The minimum absolute atomic E-state index is 0.128. The van der Waals surface area contributed by atoms with Gasteiger partial charge in [-0.3, -0.25) is 14.2 Å². The van der Waals surface area contributed by atoms with E-state index in [4.69, 9.17) is 4.74 Å². The van der Waals surface area contributed by atoms with Crippen LogP contribution in [-0.2, 0) is 17.8 Å². The lowest BCUT2D eigenvalue weighted by Crippen LogP contribution is -2.30. The molecule has 3 rings (SSSR count). The summed E-state index contributed by atoms with van der Waals surface area (Å²) >= 11 is 0. The molecule has 0 fully saturated rings. The number of carbonyl (C=O) groups excluding carboxylic acids is 1. The van der Waals surface area contributed by atoms with Gasteiger partial charge in [0.05, 0.1) is 7.11 Å². The van der Waals surface area contributed by atoms with E-state index in [0.29, 0.717) is 29.4 Å². The number of hydrogen-bond donors (Lipinski definition) is 1. The van der Waals surface area contributed by atoms with E-state index in [0.717, 1.165) is 5.56 Å². The Morgan fingerprint density at radius 2 is 1.89 bits per heavy atom. The van der Waals surface area contributed by atoms with E-state index >= 15 is 0 Å². The highest BCUT2D eigenvalue weighted by molar-refractivity contribution is 5.91. The lowest BCUT2D eigenvalue weighted by molar-refractivity contribution is -0.116. The van der Waals surface area contributed by atoms with E-state index in [9.17, 15) is 9.59 Å². The maximum atomic E-state index is 12.6. The smallest absolute Gasteiger partial charge is 0.254 e. The number of nitrogens with one attached hydrogen (secondary N) is 1. The first-order valence-electron chi connectivity index (χ1n) is 8.70. The van der Waals surface area contributed by atoms with Crippen LogP contribution < -0.4 is 15.6 Å². The minimum atomic E-state index is -0.311. The number of amides is 1. The van der Waals surface area contributed by atoms with Crippen LogP contribution in [0.5, 0.6) is 5.75 Å². The average molecular weight is 363 g/mol. The van der Waals surface area contributed by atoms with Crippen molar-refractivity contribution in [1.82, 2.24) is 9.55 Å². The minimum Gasteiger partial charge on any atom is -0.497 e. The van der Waals surface area contributed by atoms with Crippen LogP contribution in [0.2, 0.25) is 0 Å². The molecule has 138 valence electrons. The van der Waals surface area contributed by atoms with Crippen molar-refractivity contribution in [3.63, 3.8) is 0 Å². The van der Waals surface area contributed by atoms with E-state index < -0.39 is 0 Å². The molecule has 2 aromatic carbocycles. The van der Waals surface area contributed by atoms with Crippen molar-refractivity contribution in [1.29, 1.82) is 0 Å². The Labute approximate surface area is 157 Å². The number of rotatable bonds is 6. The zero-order chi connectivity index (χ0) is 19.2. The lowest BCUT2D eigenvalue weighted by Gasteiger charge is -2.14. The Bertz CT molecular complexity index is 997. The summed E-state index contributed by atoms with van der Waals surface area (Å²) in [6.07, 6.45) is 0.645. The number of anilines is 1. The zero-order valence-corrected chi connectivity index (χ0v) is 15.3. The second-order valence-corrected chi connectivity index (χ2v) is 6.00.